The number of hydrogen-bond donors (Lipinski definition) is 2. The van der Waals surface area contributed by atoms with E-state index in [0.29, 0.717) is 12.0 Å². The van der Waals surface area contributed by atoms with Gasteiger partial charge in [0.05, 0.1) is 6.61 Å². The maximum Gasteiger partial charge on any atom is 0.191 e. The predicted octanol–water partition coefficient (Wildman–Crippen LogP) is 3.18. The zero-order valence-electron chi connectivity index (χ0n) is 13.9. The molecule has 4 heteroatoms. The number of aliphatic imine (C=N–C) groups is 1. The van der Waals surface area contributed by atoms with Crippen LogP contribution in [0.4, 0.5) is 0 Å². The Morgan fingerprint density at radius 2 is 1.86 bits per heavy atom. The van der Waals surface area contributed by atoms with E-state index in [1.807, 2.05) is 12.1 Å². The highest BCUT2D eigenvalue weighted by atomic mass is 16.5. The maximum absolute atomic E-state index is 5.68. The Morgan fingerprint density at radius 1 is 1.19 bits per heavy atom. The van der Waals surface area contributed by atoms with E-state index in [9.17, 15) is 0 Å². The van der Waals surface area contributed by atoms with Gasteiger partial charge in [0.25, 0.3) is 0 Å². The molecule has 0 radical (unpaired) electrons. The summed E-state index contributed by atoms with van der Waals surface area (Å²) in [6, 6.07) is 8.62. The third-order valence-corrected chi connectivity index (χ3v) is 3.19. The molecule has 0 saturated carbocycles. The van der Waals surface area contributed by atoms with Crippen molar-refractivity contribution in [2.75, 3.05) is 13.7 Å². The number of guanidine groups is 1. The molecule has 1 aromatic carbocycles. The highest BCUT2D eigenvalue weighted by Crippen LogP contribution is 2.13. The van der Waals surface area contributed by atoms with Gasteiger partial charge in [-0.05, 0) is 37.0 Å². The number of benzene rings is 1. The molecular weight excluding hydrogens is 262 g/mol. The van der Waals surface area contributed by atoms with Gasteiger partial charge in [-0.15, -0.1) is 0 Å². The van der Waals surface area contributed by atoms with Crippen molar-refractivity contribution in [3.63, 3.8) is 0 Å². The average molecular weight is 291 g/mol. The van der Waals surface area contributed by atoms with Crippen LogP contribution in [0.1, 0.15) is 39.7 Å². The van der Waals surface area contributed by atoms with Crippen LogP contribution in [-0.4, -0.2) is 25.7 Å². The summed E-state index contributed by atoms with van der Waals surface area (Å²) in [5.74, 6) is 2.31. The van der Waals surface area contributed by atoms with E-state index < -0.39 is 0 Å². The van der Waals surface area contributed by atoms with E-state index in [2.05, 4.69) is 55.5 Å². The van der Waals surface area contributed by atoms with Crippen molar-refractivity contribution in [2.24, 2.45) is 10.9 Å². The van der Waals surface area contributed by atoms with Gasteiger partial charge >= 0.3 is 0 Å². The molecule has 0 saturated heterocycles. The molecule has 0 aliphatic heterocycles. The molecule has 0 fully saturated rings. The standard InChI is InChI=1S/C17H29N3O/c1-6-14(4)20-17(18-5)19-11-15-7-9-16(10-8-15)21-12-13(2)3/h7-10,13-14H,6,11-12H2,1-5H3,(H2,18,19,20). The highest BCUT2D eigenvalue weighted by Gasteiger charge is 2.03. The SMILES string of the molecule is CCC(C)NC(=NC)NCc1ccc(OCC(C)C)cc1. The van der Waals surface area contributed by atoms with Crippen LogP contribution >= 0.6 is 0 Å². The minimum atomic E-state index is 0.419. The Hall–Kier alpha value is -1.71. The first kappa shape index (κ1) is 17.3. The van der Waals surface area contributed by atoms with Crippen molar-refractivity contribution in [3.8, 4) is 5.75 Å². The van der Waals surface area contributed by atoms with Crippen molar-refractivity contribution in [2.45, 2.75) is 46.7 Å². The lowest BCUT2D eigenvalue weighted by Gasteiger charge is -2.16. The summed E-state index contributed by atoms with van der Waals surface area (Å²) in [6.07, 6.45) is 1.07. The molecule has 0 spiro atoms. The Balaban J connectivity index is 2.44. The number of ether oxygens (including phenoxy) is 1. The zero-order chi connectivity index (χ0) is 15.7. The van der Waals surface area contributed by atoms with Crippen LogP contribution in [0.15, 0.2) is 29.3 Å². The topological polar surface area (TPSA) is 45.7 Å². The predicted molar refractivity (Wildman–Crippen MR) is 89.9 cm³/mol. The van der Waals surface area contributed by atoms with Gasteiger partial charge in [0.15, 0.2) is 5.96 Å². The molecule has 21 heavy (non-hydrogen) atoms. The number of nitrogens with one attached hydrogen (secondary N) is 2. The van der Waals surface area contributed by atoms with Crippen LogP contribution < -0.4 is 15.4 Å². The molecule has 0 aliphatic rings. The van der Waals surface area contributed by atoms with Gasteiger partial charge in [-0.25, -0.2) is 0 Å². The van der Waals surface area contributed by atoms with Gasteiger partial charge in [-0.2, -0.15) is 0 Å². The number of nitrogens with zero attached hydrogens (tertiary/aromatic N) is 1. The second-order valence-corrected chi connectivity index (χ2v) is 5.73. The molecule has 0 aliphatic carbocycles. The molecule has 1 unspecified atom stereocenters. The van der Waals surface area contributed by atoms with Crippen LogP contribution in [0.2, 0.25) is 0 Å². The molecule has 0 bridgehead atoms. The summed E-state index contributed by atoms with van der Waals surface area (Å²) < 4.78 is 5.68. The molecule has 0 amide bonds. The van der Waals surface area contributed by atoms with E-state index in [0.717, 1.165) is 31.3 Å². The van der Waals surface area contributed by atoms with Gasteiger partial charge in [-0.3, -0.25) is 4.99 Å². The molecule has 118 valence electrons. The second kappa shape index (κ2) is 9.27. The van der Waals surface area contributed by atoms with Crippen molar-refractivity contribution in [3.05, 3.63) is 29.8 Å². The number of rotatable bonds is 7. The summed E-state index contributed by atoms with van der Waals surface area (Å²) in [7, 11) is 1.79. The largest absolute Gasteiger partial charge is 0.493 e. The monoisotopic (exact) mass is 291 g/mol. The minimum Gasteiger partial charge on any atom is -0.493 e. The van der Waals surface area contributed by atoms with Crippen molar-refractivity contribution in [1.82, 2.24) is 10.6 Å². The molecule has 0 heterocycles. The maximum atomic E-state index is 5.68. The summed E-state index contributed by atoms with van der Waals surface area (Å²) in [4.78, 5) is 4.23. The first-order chi connectivity index (χ1) is 10.0. The first-order valence-electron chi connectivity index (χ1n) is 7.74. The summed E-state index contributed by atoms with van der Waals surface area (Å²) in [5.41, 5.74) is 1.21. The normalized spacial score (nSPS) is 13.1. The highest BCUT2D eigenvalue weighted by molar-refractivity contribution is 5.79. The van der Waals surface area contributed by atoms with E-state index in [1.165, 1.54) is 5.56 Å². The fourth-order valence-corrected chi connectivity index (χ4v) is 1.68. The van der Waals surface area contributed by atoms with Crippen LogP contribution in [0.5, 0.6) is 5.75 Å². The average Bonchev–Trinajstić information content (AvgIpc) is 2.50. The fraction of sp³-hybridized carbons (Fsp3) is 0.588. The summed E-state index contributed by atoms with van der Waals surface area (Å²) in [5, 5.41) is 6.66. The van der Waals surface area contributed by atoms with E-state index >= 15 is 0 Å². The summed E-state index contributed by atoms with van der Waals surface area (Å²) in [6.45, 7) is 10.1. The van der Waals surface area contributed by atoms with Gasteiger partial charge in [0, 0.05) is 19.6 Å². The van der Waals surface area contributed by atoms with Crippen molar-refractivity contribution >= 4 is 5.96 Å². The molecule has 1 rings (SSSR count). The third kappa shape index (κ3) is 7.02. The Kier molecular flexibility index (Phi) is 7.65. The van der Waals surface area contributed by atoms with Gasteiger partial charge in [-0.1, -0.05) is 32.9 Å². The third-order valence-electron chi connectivity index (χ3n) is 3.19. The Morgan fingerprint density at radius 3 is 2.38 bits per heavy atom. The first-order valence-corrected chi connectivity index (χ1v) is 7.74. The Bertz CT molecular complexity index is 426. The lowest BCUT2D eigenvalue weighted by Crippen LogP contribution is -2.41. The molecule has 0 aromatic heterocycles. The van der Waals surface area contributed by atoms with Crippen LogP contribution in [0.25, 0.3) is 0 Å². The quantitative estimate of drug-likeness (QED) is 0.599. The Labute approximate surface area is 129 Å². The smallest absolute Gasteiger partial charge is 0.191 e. The molecule has 1 aromatic rings. The van der Waals surface area contributed by atoms with Crippen molar-refractivity contribution in [1.29, 1.82) is 0 Å². The van der Waals surface area contributed by atoms with E-state index in [-0.39, 0.29) is 0 Å². The van der Waals surface area contributed by atoms with Crippen LogP contribution in [-0.2, 0) is 6.54 Å². The van der Waals surface area contributed by atoms with Crippen LogP contribution in [0.3, 0.4) is 0 Å². The molecular formula is C17H29N3O. The number of hydrogen-bond acceptors (Lipinski definition) is 2. The van der Waals surface area contributed by atoms with E-state index in [4.69, 9.17) is 4.74 Å². The lowest BCUT2D eigenvalue weighted by atomic mass is 10.2. The minimum absolute atomic E-state index is 0.419. The van der Waals surface area contributed by atoms with Crippen molar-refractivity contribution < 1.29 is 4.74 Å². The molecule has 1 atom stereocenters. The molecule has 2 N–H and O–H groups in total. The van der Waals surface area contributed by atoms with Gasteiger partial charge in [0.2, 0.25) is 0 Å². The second-order valence-electron chi connectivity index (χ2n) is 5.73. The summed E-state index contributed by atoms with van der Waals surface area (Å²) >= 11 is 0. The molecule has 4 nitrogen and oxygen atoms in total. The van der Waals surface area contributed by atoms with Gasteiger partial charge in [0.1, 0.15) is 5.75 Å². The van der Waals surface area contributed by atoms with E-state index in [1.54, 1.807) is 7.05 Å². The zero-order valence-corrected chi connectivity index (χ0v) is 13.9. The lowest BCUT2D eigenvalue weighted by molar-refractivity contribution is 0.271. The fourth-order valence-electron chi connectivity index (χ4n) is 1.68. The van der Waals surface area contributed by atoms with Crippen LogP contribution in [0, 0.1) is 5.92 Å². The van der Waals surface area contributed by atoms with Gasteiger partial charge < -0.3 is 15.4 Å².